The third-order valence-corrected chi connectivity index (χ3v) is 3.36. The van der Waals surface area contributed by atoms with Crippen molar-refractivity contribution in [3.05, 3.63) is 29.7 Å². The molecule has 1 unspecified atom stereocenters. The molecule has 0 saturated carbocycles. The number of rotatable bonds is 2. The maximum atomic E-state index is 4.57. The number of nitrogens with zero attached hydrogens (tertiary/aromatic N) is 3. The Bertz CT molecular complexity index is 523. The highest BCUT2D eigenvalue weighted by atomic mass is 15.3. The summed E-state index contributed by atoms with van der Waals surface area (Å²) in [6, 6.07) is 4.80. The van der Waals surface area contributed by atoms with Crippen molar-refractivity contribution in [2.75, 3.05) is 6.54 Å². The molecule has 4 nitrogen and oxygen atoms in total. The third-order valence-electron chi connectivity index (χ3n) is 3.36. The Morgan fingerprint density at radius 1 is 1.47 bits per heavy atom. The number of pyridine rings is 1. The Morgan fingerprint density at radius 3 is 3.06 bits per heavy atom. The molecule has 4 heteroatoms. The third kappa shape index (κ3) is 1.93. The Hall–Kier alpha value is -1.42. The van der Waals surface area contributed by atoms with E-state index in [1.165, 1.54) is 18.4 Å². The van der Waals surface area contributed by atoms with Crippen LogP contribution in [-0.4, -0.2) is 21.1 Å². The molecule has 0 aromatic carbocycles. The van der Waals surface area contributed by atoms with Gasteiger partial charge in [0.2, 0.25) is 0 Å². The molecule has 0 aliphatic carbocycles. The predicted molar refractivity (Wildman–Crippen MR) is 67.1 cm³/mol. The van der Waals surface area contributed by atoms with Crippen LogP contribution in [0.5, 0.6) is 0 Å². The smallest absolute Gasteiger partial charge is 0.155 e. The Balaban J connectivity index is 2.00. The summed E-state index contributed by atoms with van der Waals surface area (Å²) < 4.78 is 1.87. The molecule has 17 heavy (non-hydrogen) atoms. The number of hydrogen-bond acceptors (Lipinski definition) is 3. The summed E-state index contributed by atoms with van der Waals surface area (Å²) in [4.78, 5) is 4.57. The second kappa shape index (κ2) is 4.11. The molecule has 2 aromatic heterocycles. The van der Waals surface area contributed by atoms with Gasteiger partial charge in [-0.1, -0.05) is 13.8 Å². The first kappa shape index (κ1) is 10.7. The first-order valence-corrected chi connectivity index (χ1v) is 6.33. The first-order chi connectivity index (χ1) is 8.24. The van der Waals surface area contributed by atoms with E-state index in [0.29, 0.717) is 12.0 Å². The topological polar surface area (TPSA) is 42.2 Å². The van der Waals surface area contributed by atoms with Gasteiger partial charge in [-0.3, -0.25) is 0 Å². The molecule has 1 fully saturated rings. The van der Waals surface area contributed by atoms with E-state index >= 15 is 0 Å². The standard InChI is InChI=1S/C13H18N4/c1-9(2)13-15-12-8-10(5-7-17(12)16-13)11-4-3-6-14-11/h5,7-9,11,14H,3-4,6H2,1-2H3. The largest absolute Gasteiger partial charge is 0.310 e. The Morgan fingerprint density at radius 2 is 2.35 bits per heavy atom. The lowest BCUT2D eigenvalue weighted by atomic mass is 10.1. The van der Waals surface area contributed by atoms with E-state index in [9.17, 15) is 0 Å². The van der Waals surface area contributed by atoms with E-state index in [2.05, 4.69) is 41.4 Å². The zero-order chi connectivity index (χ0) is 11.8. The van der Waals surface area contributed by atoms with E-state index in [4.69, 9.17) is 0 Å². The van der Waals surface area contributed by atoms with Crippen LogP contribution in [0.25, 0.3) is 5.65 Å². The van der Waals surface area contributed by atoms with Crippen LogP contribution in [0.4, 0.5) is 0 Å². The number of fused-ring (bicyclic) bond motifs is 1. The van der Waals surface area contributed by atoms with Crippen molar-refractivity contribution in [1.82, 2.24) is 19.9 Å². The minimum atomic E-state index is 0.378. The normalized spacial score (nSPS) is 20.5. The van der Waals surface area contributed by atoms with Gasteiger partial charge in [-0.2, -0.15) is 5.10 Å². The Labute approximate surface area is 101 Å². The van der Waals surface area contributed by atoms with Gasteiger partial charge in [0.25, 0.3) is 0 Å². The van der Waals surface area contributed by atoms with Crippen LogP contribution < -0.4 is 5.32 Å². The molecule has 1 atom stereocenters. The molecule has 1 aliphatic heterocycles. The van der Waals surface area contributed by atoms with Gasteiger partial charge in [0.1, 0.15) is 0 Å². The van der Waals surface area contributed by atoms with Crippen molar-refractivity contribution in [3.8, 4) is 0 Å². The fourth-order valence-electron chi connectivity index (χ4n) is 2.34. The average molecular weight is 230 g/mol. The molecule has 1 aliphatic rings. The molecule has 0 bridgehead atoms. The van der Waals surface area contributed by atoms with Crippen LogP contribution in [0.1, 0.15) is 50.0 Å². The van der Waals surface area contributed by atoms with E-state index in [-0.39, 0.29) is 0 Å². The quantitative estimate of drug-likeness (QED) is 0.860. The molecule has 3 heterocycles. The van der Waals surface area contributed by atoms with Crippen LogP contribution >= 0.6 is 0 Å². The van der Waals surface area contributed by atoms with Crippen molar-refractivity contribution in [2.24, 2.45) is 0 Å². The van der Waals surface area contributed by atoms with Crippen LogP contribution in [-0.2, 0) is 0 Å². The van der Waals surface area contributed by atoms with E-state index in [0.717, 1.165) is 18.0 Å². The summed E-state index contributed by atoms with van der Waals surface area (Å²) in [5.41, 5.74) is 2.29. The molecule has 3 rings (SSSR count). The lowest BCUT2D eigenvalue weighted by molar-refractivity contribution is 0.646. The highest BCUT2D eigenvalue weighted by Crippen LogP contribution is 2.23. The van der Waals surface area contributed by atoms with Crippen molar-refractivity contribution in [2.45, 2.75) is 38.6 Å². The van der Waals surface area contributed by atoms with Crippen molar-refractivity contribution >= 4 is 5.65 Å². The minimum absolute atomic E-state index is 0.378. The lowest BCUT2D eigenvalue weighted by Gasteiger charge is -2.09. The fraction of sp³-hybridized carbons (Fsp3) is 0.538. The second-order valence-corrected chi connectivity index (χ2v) is 5.04. The molecule has 0 spiro atoms. The second-order valence-electron chi connectivity index (χ2n) is 5.04. The maximum absolute atomic E-state index is 4.57. The molecule has 0 radical (unpaired) electrons. The highest BCUT2D eigenvalue weighted by Gasteiger charge is 2.17. The summed E-state index contributed by atoms with van der Waals surface area (Å²) in [5, 5.41) is 7.97. The van der Waals surface area contributed by atoms with Gasteiger partial charge in [0, 0.05) is 18.2 Å². The predicted octanol–water partition coefficient (Wildman–Crippen LogP) is 2.28. The fourth-order valence-corrected chi connectivity index (χ4v) is 2.34. The molecule has 1 N–H and O–H groups in total. The van der Waals surface area contributed by atoms with Gasteiger partial charge in [0.15, 0.2) is 11.5 Å². The van der Waals surface area contributed by atoms with Gasteiger partial charge in [-0.25, -0.2) is 9.50 Å². The summed E-state index contributed by atoms with van der Waals surface area (Å²) in [6.45, 7) is 5.36. The lowest BCUT2D eigenvalue weighted by Crippen LogP contribution is -2.12. The highest BCUT2D eigenvalue weighted by molar-refractivity contribution is 5.42. The van der Waals surface area contributed by atoms with E-state index in [1.54, 1.807) is 0 Å². The molecule has 90 valence electrons. The van der Waals surface area contributed by atoms with Gasteiger partial charge < -0.3 is 5.32 Å². The summed E-state index contributed by atoms with van der Waals surface area (Å²) >= 11 is 0. The van der Waals surface area contributed by atoms with Crippen LogP contribution in [0, 0.1) is 0 Å². The monoisotopic (exact) mass is 230 g/mol. The minimum Gasteiger partial charge on any atom is -0.310 e. The summed E-state index contributed by atoms with van der Waals surface area (Å²) in [7, 11) is 0. The van der Waals surface area contributed by atoms with Gasteiger partial charge in [-0.15, -0.1) is 0 Å². The van der Waals surface area contributed by atoms with Crippen molar-refractivity contribution in [3.63, 3.8) is 0 Å². The zero-order valence-corrected chi connectivity index (χ0v) is 10.3. The number of aromatic nitrogens is 3. The van der Waals surface area contributed by atoms with Crippen LogP contribution in [0.2, 0.25) is 0 Å². The molecule has 2 aromatic rings. The van der Waals surface area contributed by atoms with Crippen LogP contribution in [0.15, 0.2) is 18.3 Å². The summed E-state index contributed by atoms with van der Waals surface area (Å²) in [5.74, 6) is 1.30. The summed E-state index contributed by atoms with van der Waals surface area (Å²) in [6.07, 6.45) is 4.50. The molecular formula is C13H18N4. The first-order valence-electron chi connectivity index (χ1n) is 6.33. The van der Waals surface area contributed by atoms with E-state index < -0.39 is 0 Å². The zero-order valence-electron chi connectivity index (χ0n) is 10.3. The van der Waals surface area contributed by atoms with Crippen LogP contribution in [0.3, 0.4) is 0 Å². The van der Waals surface area contributed by atoms with Crippen molar-refractivity contribution < 1.29 is 0 Å². The number of nitrogens with one attached hydrogen (secondary N) is 1. The molecule has 0 amide bonds. The molecule has 1 saturated heterocycles. The maximum Gasteiger partial charge on any atom is 0.155 e. The Kier molecular flexibility index (Phi) is 2.59. The molecular weight excluding hydrogens is 212 g/mol. The van der Waals surface area contributed by atoms with E-state index in [1.807, 2.05) is 10.7 Å². The van der Waals surface area contributed by atoms with Gasteiger partial charge in [0.05, 0.1) is 0 Å². The number of hydrogen-bond donors (Lipinski definition) is 1. The van der Waals surface area contributed by atoms with Crippen molar-refractivity contribution in [1.29, 1.82) is 0 Å². The average Bonchev–Trinajstić information content (AvgIpc) is 2.97. The SMILES string of the molecule is CC(C)c1nc2cc(C3CCCN3)ccn2n1. The van der Waals surface area contributed by atoms with Gasteiger partial charge >= 0.3 is 0 Å². The van der Waals surface area contributed by atoms with Gasteiger partial charge in [-0.05, 0) is 37.1 Å².